The predicted octanol–water partition coefficient (Wildman–Crippen LogP) is 13.9. The zero-order chi connectivity index (χ0) is 31.6. The molecule has 0 atom stereocenters. The molecule has 2 aromatic heterocycles. The first-order valence-corrected chi connectivity index (χ1v) is 17.2. The van der Waals surface area contributed by atoms with Crippen LogP contribution in [0.3, 0.4) is 0 Å². The van der Waals surface area contributed by atoms with E-state index in [1.54, 1.807) is 0 Å². The van der Waals surface area contributed by atoms with Crippen molar-refractivity contribution in [3.63, 3.8) is 0 Å². The third-order valence-electron chi connectivity index (χ3n) is 9.68. The Hall–Kier alpha value is -5.96. The van der Waals surface area contributed by atoms with Crippen LogP contribution in [0.25, 0.3) is 96.7 Å². The summed E-state index contributed by atoms with van der Waals surface area (Å²) in [5.41, 5.74) is 6.72. The van der Waals surface area contributed by atoms with Gasteiger partial charge in [-0.15, -0.1) is 11.3 Å². The molecule has 0 aliphatic rings. The number of fused-ring (bicyclic) bond motifs is 9. The number of benzene rings is 7. The van der Waals surface area contributed by atoms with Crippen LogP contribution in [-0.4, -0.2) is 0 Å². The topological polar surface area (TPSA) is 13.1 Å². The van der Waals surface area contributed by atoms with Gasteiger partial charge in [-0.05, 0) is 97.0 Å². The zero-order valence-electron chi connectivity index (χ0n) is 26.0. The molecule has 0 N–H and O–H groups in total. The highest BCUT2D eigenvalue weighted by atomic mass is 32.1. The van der Waals surface area contributed by atoms with Crippen LogP contribution in [0.5, 0.6) is 0 Å². The van der Waals surface area contributed by atoms with Gasteiger partial charge in [-0.25, -0.2) is 0 Å². The lowest BCUT2D eigenvalue weighted by Crippen LogP contribution is -1.84. The summed E-state index contributed by atoms with van der Waals surface area (Å²) in [4.78, 5) is 0. The van der Waals surface area contributed by atoms with Crippen LogP contribution in [-0.2, 0) is 0 Å². The summed E-state index contributed by atoms with van der Waals surface area (Å²) in [6, 6.07) is 61.6. The highest BCUT2D eigenvalue weighted by molar-refractivity contribution is 7.25. The van der Waals surface area contributed by atoms with Gasteiger partial charge in [0.15, 0.2) is 0 Å². The molecule has 0 unspecified atom stereocenters. The highest BCUT2D eigenvalue weighted by Crippen LogP contribution is 2.42. The summed E-state index contributed by atoms with van der Waals surface area (Å²) in [6.07, 6.45) is 0. The van der Waals surface area contributed by atoms with Gasteiger partial charge in [0.05, 0.1) is 0 Å². The van der Waals surface area contributed by atoms with E-state index in [1.807, 2.05) is 23.5 Å². The van der Waals surface area contributed by atoms with E-state index in [9.17, 15) is 0 Å². The average Bonchev–Trinajstić information content (AvgIpc) is 3.67. The van der Waals surface area contributed by atoms with E-state index in [0.29, 0.717) is 0 Å². The second-order valence-corrected chi connectivity index (χ2v) is 13.5. The average molecular weight is 629 g/mol. The van der Waals surface area contributed by atoms with Crippen molar-refractivity contribution in [3.05, 3.63) is 170 Å². The van der Waals surface area contributed by atoms with E-state index >= 15 is 0 Å². The normalized spacial score (nSPS) is 11.8. The third kappa shape index (κ3) is 4.31. The van der Waals surface area contributed by atoms with Crippen molar-refractivity contribution in [1.29, 1.82) is 0 Å². The minimum Gasteiger partial charge on any atom is -0.456 e. The van der Waals surface area contributed by atoms with E-state index in [1.165, 1.54) is 80.1 Å². The van der Waals surface area contributed by atoms with E-state index in [2.05, 4.69) is 158 Å². The lowest BCUT2D eigenvalue weighted by atomic mass is 9.92. The molecule has 0 saturated carbocycles. The largest absolute Gasteiger partial charge is 0.456 e. The van der Waals surface area contributed by atoms with E-state index in [4.69, 9.17) is 4.42 Å². The molecule has 0 fully saturated rings. The number of rotatable bonds is 2. The lowest BCUT2D eigenvalue weighted by Gasteiger charge is -2.11. The minimum atomic E-state index is 0.932. The molecule has 0 amide bonds. The molecule has 0 saturated heterocycles. The molecular formula is C46H28OS. The van der Waals surface area contributed by atoms with Crippen molar-refractivity contribution in [2.45, 2.75) is 0 Å². The number of hydrogen-bond acceptors (Lipinski definition) is 2. The first-order valence-electron chi connectivity index (χ1n) is 16.3. The Morgan fingerprint density at radius 2 is 0.917 bits per heavy atom. The summed E-state index contributed by atoms with van der Waals surface area (Å²) in [7, 11) is 0. The Morgan fingerprint density at radius 1 is 0.312 bits per heavy atom. The van der Waals surface area contributed by atoms with Crippen LogP contribution < -0.4 is 0 Å². The van der Waals surface area contributed by atoms with Gasteiger partial charge >= 0.3 is 0 Å². The fourth-order valence-electron chi connectivity index (χ4n) is 7.42. The van der Waals surface area contributed by atoms with Crippen molar-refractivity contribution in [2.75, 3.05) is 0 Å². The molecule has 224 valence electrons. The van der Waals surface area contributed by atoms with E-state index in [0.717, 1.165) is 16.6 Å². The third-order valence-corrected chi connectivity index (χ3v) is 10.8. The predicted molar refractivity (Wildman–Crippen MR) is 208 cm³/mol. The smallest absolute Gasteiger partial charge is 0.136 e. The van der Waals surface area contributed by atoms with E-state index in [-0.39, 0.29) is 0 Å². The second kappa shape index (κ2) is 10.8. The van der Waals surface area contributed by atoms with Crippen LogP contribution in [0.15, 0.2) is 174 Å². The van der Waals surface area contributed by atoms with Crippen molar-refractivity contribution in [1.82, 2.24) is 0 Å². The standard InChI is InChI=1S/C46H28OS/c1-2-4-16-37(36-20-11-13-29-12-5-6-15-33(29)36)38-18-8-7-17-35(38)34(14-3-1)30-22-23-45-41(24-30)42-26-31-27-44-40(25-32(31)28-46(42)48-45)39-19-9-10-21-43(39)47-44/h1-28H. The molecule has 10 rings (SSSR count). The number of thiophene rings is 1. The maximum atomic E-state index is 6.26. The van der Waals surface area contributed by atoms with Gasteiger partial charge in [0.1, 0.15) is 11.2 Å². The second-order valence-electron chi connectivity index (χ2n) is 12.5. The molecule has 8 aromatic carbocycles. The Bertz CT molecular complexity index is 2950. The van der Waals surface area contributed by atoms with Crippen LogP contribution in [0, 0.1) is 0 Å². The van der Waals surface area contributed by atoms with Crippen molar-refractivity contribution in [3.8, 4) is 22.3 Å². The van der Waals surface area contributed by atoms with Crippen molar-refractivity contribution < 1.29 is 4.42 Å². The Balaban J connectivity index is 1.22. The highest BCUT2D eigenvalue weighted by Gasteiger charge is 2.14. The monoisotopic (exact) mass is 628 g/mol. The van der Waals surface area contributed by atoms with E-state index < -0.39 is 0 Å². The molecular weight excluding hydrogens is 601 g/mol. The quantitative estimate of drug-likeness (QED) is 0.186. The maximum absolute atomic E-state index is 6.26. The van der Waals surface area contributed by atoms with Crippen LogP contribution in [0.2, 0.25) is 0 Å². The molecule has 48 heavy (non-hydrogen) atoms. The number of para-hydroxylation sites is 1. The summed E-state index contributed by atoms with van der Waals surface area (Å²) in [6.45, 7) is 0. The zero-order valence-corrected chi connectivity index (χ0v) is 26.8. The molecule has 0 bridgehead atoms. The molecule has 2 heterocycles. The first kappa shape index (κ1) is 27.2. The molecule has 0 aliphatic heterocycles. The van der Waals surface area contributed by atoms with Crippen molar-refractivity contribution >= 4 is 85.8 Å². The Morgan fingerprint density at radius 3 is 1.79 bits per heavy atom. The fraction of sp³-hybridized carbons (Fsp3) is 0. The fourth-order valence-corrected chi connectivity index (χ4v) is 8.54. The van der Waals surface area contributed by atoms with Gasteiger partial charge in [0, 0.05) is 30.9 Å². The summed E-state index contributed by atoms with van der Waals surface area (Å²) < 4.78 is 8.85. The van der Waals surface area contributed by atoms with Gasteiger partial charge in [-0.2, -0.15) is 0 Å². The summed E-state index contributed by atoms with van der Waals surface area (Å²) >= 11 is 1.87. The Kier molecular flexibility index (Phi) is 6.12. The van der Waals surface area contributed by atoms with Gasteiger partial charge in [-0.1, -0.05) is 127 Å². The number of hydrogen-bond donors (Lipinski definition) is 0. The maximum Gasteiger partial charge on any atom is 0.136 e. The van der Waals surface area contributed by atoms with Crippen LogP contribution in [0.1, 0.15) is 0 Å². The molecule has 2 heteroatoms. The van der Waals surface area contributed by atoms with Crippen molar-refractivity contribution in [2.24, 2.45) is 0 Å². The number of furan rings is 1. The summed E-state index contributed by atoms with van der Waals surface area (Å²) in [5, 5.41) is 12.3. The minimum absolute atomic E-state index is 0.932. The van der Waals surface area contributed by atoms with Gasteiger partial charge < -0.3 is 4.42 Å². The Labute approximate surface area is 281 Å². The van der Waals surface area contributed by atoms with Gasteiger partial charge in [-0.3, -0.25) is 0 Å². The molecule has 1 nitrogen and oxygen atoms in total. The van der Waals surface area contributed by atoms with Crippen LogP contribution in [0.4, 0.5) is 0 Å². The van der Waals surface area contributed by atoms with Crippen LogP contribution >= 0.6 is 11.3 Å². The molecule has 0 spiro atoms. The summed E-state index contributed by atoms with van der Waals surface area (Å²) in [5.74, 6) is 0. The first-order chi connectivity index (χ1) is 23.8. The molecule has 0 radical (unpaired) electrons. The SMILES string of the molecule is c1cccc(-c2cccc3ccccc23)c2ccccc2c(-c2ccc3sc4cc5cc6c(cc5cc4c3c2)oc2ccccc26)cc1. The van der Waals surface area contributed by atoms with Gasteiger partial charge in [0.25, 0.3) is 0 Å². The van der Waals surface area contributed by atoms with Gasteiger partial charge in [0.2, 0.25) is 0 Å². The lowest BCUT2D eigenvalue weighted by molar-refractivity contribution is 0.669. The molecule has 0 aliphatic carbocycles. The molecule has 10 aromatic rings.